The first kappa shape index (κ1) is 8.83. The summed E-state index contributed by atoms with van der Waals surface area (Å²) in [4.78, 5) is 0. The first-order chi connectivity index (χ1) is 5.75. The molecule has 1 aliphatic rings. The summed E-state index contributed by atoms with van der Waals surface area (Å²) in [5.74, 6) is 0. The van der Waals surface area contributed by atoms with Crippen molar-refractivity contribution in [3.8, 4) is 0 Å². The van der Waals surface area contributed by atoms with Crippen molar-refractivity contribution in [1.82, 2.24) is 0 Å². The van der Waals surface area contributed by atoms with E-state index in [1.807, 2.05) is 18.2 Å². The summed E-state index contributed by atoms with van der Waals surface area (Å²) in [5, 5.41) is 0. The lowest BCUT2D eigenvalue weighted by Crippen LogP contribution is -1.87. The average molecular weight is 158 g/mol. The van der Waals surface area contributed by atoms with Crippen LogP contribution in [0.3, 0.4) is 0 Å². The summed E-state index contributed by atoms with van der Waals surface area (Å²) in [6.07, 6.45) is 8.96. The van der Waals surface area contributed by atoms with Gasteiger partial charge in [-0.2, -0.15) is 0 Å². The molecule has 0 fully saturated rings. The van der Waals surface area contributed by atoms with Gasteiger partial charge >= 0.3 is 0 Å². The fraction of sp³-hybridized carbons (Fsp3) is 0.250. The second-order valence-corrected chi connectivity index (χ2v) is 2.99. The zero-order chi connectivity index (χ0) is 8.97. The smallest absolute Gasteiger partial charge is 0.00562 e. The topological polar surface area (TPSA) is 0 Å². The van der Waals surface area contributed by atoms with Gasteiger partial charge in [0.25, 0.3) is 0 Å². The maximum absolute atomic E-state index is 3.81. The lowest BCUT2D eigenvalue weighted by Gasteiger charge is -2.07. The Labute approximate surface area is 74.3 Å². The predicted octanol–water partition coefficient (Wildman–Crippen LogP) is 3.55. The third-order valence-electron chi connectivity index (χ3n) is 2.04. The van der Waals surface area contributed by atoms with Crippen LogP contribution in [0.15, 0.2) is 53.3 Å². The van der Waals surface area contributed by atoms with Gasteiger partial charge in [-0.25, -0.2) is 0 Å². The molecular formula is C12H14. The molecule has 0 aromatic rings. The highest BCUT2D eigenvalue weighted by Gasteiger charge is 1.99. The van der Waals surface area contributed by atoms with Gasteiger partial charge in [-0.15, -0.1) is 5.73 Å². The highest BCUT2D eigenvalue weighted by atomic mass is 14.0. The number of hydrogen-bond acceptors (Lipinski definition) is 0. The van der Waals surface area contributed by atoms with Crippen LogP contribution in [0, 0.1) is 0 Å². The van der Waals surface area contributed by atoms with Crippen molar-refractivity contribution in [2.45, 2.75) is 20.3 Å². The fourth-order valence-corrected chi connectivity index (χ4v) is 1.32. The maximum atomic E-state index is 3.81. The molecule has 0 aromatic heterocycles. The summed E-state index contributed by atoms with van der Waals surface area (Å²) >= 11 is 0. The van der Waals surface area contributed by atoms with Crippen LogP contribution in [0.2, 0.25) is 0 Å². The molecule has 0 aliphatic heterocycles. The standard InChI is InChI=1S/C12H14/c1-4-12-10(2)8-6-5-7-9-11(12)3/h4,6-8H,1,9H2,2-3H3. The summed E-state index contributed by atoms with van der Waals surface area (Å²) in [6.45, 7) is 8.05. The van der Waals surface area contributed by atoms with Gasteiger partial charge in [0.15, 0.2) is 0 Å². The monoisotopic (exact) mass is 158 g/mol. The van der Waals surface area contributed by atoms with Crippen molar-refractivity contribution in [3.63, 3.8) is 0 Å². The average Bonchev–Trinajstić information content (AvgIpc) is 2.02. The molecule has 62 valence electrons. The van der Waals surface area contributed by atoms with Crippen LogP contribution in [0.25, 0.3) is 0 Å². The molecular weight excluding hydrogens is 144 g/mol. The highest BCUT2D eigenvalue weighted by molar-refractivity contribution is 5.43. The molecule has 0 saturated heterocycles. The largest absolute Gasteiger partial charge is 0.125 e. The Morgan fingerprint density at radius 3 is 2.92 bits per heavy atom. The zero-order valence-electron chi connectivity index (χ0n) is 7.72. The van der Waals surface area contributed by atoms with Crippen LogP contribution >= 0.6 is 0 Å². The van der Waals surface area contributed by atoms with E-state index in [1.165, 1.54) is 16.7 Å². The van der Waals surface area contributed by atoms with Gasteiger partial charge in [-0.1, -0.05) is 24.3 Å². The fourth-order valence-electron chi connectivity index (χ4n) is 1.32. The van der Waals surface area contributed by atoms with Gasteiger partial charge in [0.2, 0.25) is 0 Å². The molecule has 0 nitrogen and oxygen atoms in total. The Balaban J connectivity index is 3.15. The lowest BCUT2D eigenvalue weighted by atomic mass is 9.98. The normalized spacial score (nSPS) is 17.0. The van der Waals surface area contributed by atoms with Crippen LogP contribution < -0.4 is 0 Å². The Hall–Kier alpha value is -1.26. The Morgan fingerprint density at radius 2 is 2.25 bits per heavy atom. The molecule has 0 amide bonds. The number of allylic oxidation sites excluding steroid dienone is 6. The van der Waals surface area contributed by atoms with Crippen LogP contribution in [0.5, 0.6) is 0 Å². The summed E-state index contributed by atoms with van der Waals surface area (Å²) < 4.78 is 0. The van der Waals surface area contributed by atoms with Crippen LogP contribution in [-0.4, -0.2) is 0 Å². The highest BCUT2D eigenvalue weighted by Crippen LogP contribution is 2.19. The maximum Gasteiger partial charge on any atom is -0.00562 e. The minimum absolute atomic E-state index is 0.975. The van der Waals surface area contributed by atoms with Gasteiger partial charge in [-0.05, 0) is 43.6 Å². The Kier molecular flexibility index (Phi) is 2.90. The molecule has 1 rings (SSSR count). The molecule has 0 aromatic carbocycles. The first-order valence-electron chi connectivity index (χ1n) is 4.16. The number of hydrogen-bond donors (Lipinski definition) is 0. The van der Waals surface area contributed by atoms with Crippen molar-refractivity contribution >= 4 is 0 Å². The molecule has 0 N–H and O–H groups in total. The van der Waals surface area contributed by atoms with E-state index in [0.29, 0.717) is 0 Å². The van der Waals surface area contributed by atoms with E-state index in [-0.39, 0.29) is 0 Å². The van der Waals surface area contributed by atoms with E-state index in [0.717, 1.165) is 6.42 Å². The van der Waals surface area contributed by atoms with Crippen LogP contribution in [0.4, 0.5) is 0 Å². The molecule has 12 heavy (non-hydrogen) atoms. The van der Waals surface area contributed by atoms with Gasteiger partial charge < -0.3 is 0 Å². The number of rotatable bonds is 1. The van der Waals surface area contributed by atoms with Crippen molar-refractivity contribution < 1.29 is 0 Å². The quantitative estimate of drug-likeness (QED) is 0.512. The second-order valence-electron chi connectivity index (χ2n) is 2.99. The molecule has 0 heterocycles. The summed E-state index contributed by atoms with van der Waals surface area (Å²) in [5.41, 5.74) is 6.99. The van der Waals surface area contributed by atoms with E-state index in [1.54, 1.807) is 0 Å². The van der Waals surface area contributed by atoms with Crippen LogP contribution in [-0.2, 0) is 0 Å². The van der Waals surface area contributed by atoms with Crippen molar-refractivity contribution in [2.24, 2.45) is 0 Å². The third-order valence-corrected chi connectivity index (χ3v) is 2.04. The van der Waals surface area contributed by atoms with Gasteiger partial charge in [0.1, 0.15) is 0 Å². The van der Waals surface area contributed by atoms with E-state index in [4.69, 9.17) is 0 Å². The SMILES string of the molecule is C=CC1=C(C)CC=C=CC=C1C. The minimum atomic E-state index is 0.975. The van der Waals surface area contributed by atoms with E-state index in [2.05, 4.69) is 32.2 Å². The molecule has 0 spiro atoms. The zero-order valence-corrected chi connectivity index (χ0v) is 7.72. The van der Waals surface area contributed by atoms with Crippen molar-refractivity contribution in [3.05, 3.63) is 53.3 Å². The Morgan fingerprint density at radius 1 is 1.50 bits per heavy atom. The third kappa shape index (κ3) is 1.87. The first-order valence-corrected chi connectivity index (χ1v) is 4.16. The van der Waals surface area contributed by atoms with Crippen molar-refractivity contribution in [1.29, 1.82) is 0 Å². The minimum Gasteiger partial charge on any atom is -0.125 e. The van der Waals surface area contributed by atoms with E-state index in [9.17, 15) is 0 Å². The summed E-state index contributed by atoms with van der Waals surface area (Å²) in [6, 6.07) is 0. The predicted molar refractivity (Wildman–Crippen MR) is 53.9 cm³/mol. The second kappa shape index (κ2) is 3.94. The molecule has 0 unspecified atom stereocenters. The van der Waals surface area contributed by atoms with Gasteiger partial charge in [-0.3, -0.25) is 0 Å². The molecule has 0 heteroatoms. The molecule has 0 bridgehead atoms. The van der Waals surface area contributed by atoms with E-state index >= 15 is 0 Å². The van der Waals surface area contributed by atoms with Gasteiger partial charge in [0, 0.05) is 0 Å². The molecule has 0 radical (unpaired) electrons. The van der Waals surface area contributed by atoms with Crippen molar-refractivity contribution in [2.75, 3.05) is 0 Å². The Bertz CT molecular complexity index is 305. The lowest BCUT2D eigenvalue weighted by molar-refractivity contribution is 1.16. The van der Waals surface area contributed by atoms with Gasteiger partial charge in [0.05, 0.1) is 0 Å². The van der Waals surface area contributed by atoms with E-state index < -0.39 is 0 Å². The molecule has 1 aliphatic carbocycles. The summed E-state index contributed by atoms with van der Waals surface area (Å²) in [7, 11) is 0. The molecule has 0 saturated carbocycles. The van der Waals surface area contributed by atoms with Crippen LogP contribution in [0.1, 0.15) is 20.3 Å². The molecule has 0 atom stereocenters.